The highest BCUT2D eigenvalue weighted by Crippen LogP contribution is 2.15. The number of H-pyrrole nitrogens is 1. The van der Waals surface area contributed by atoms with Crippen LogP contribution in [-0.2, 0) is 4.74 Å². The van der Waals surface area contributed by atoms with Gasteiger partial charge in [-0.3, -0.25) is 14.6 Å². The lowest BCUT2D eigenvalue weighted by Crippen LogP contribution is -2.40. The molecule has 0 aliphatic carbocycles. The van der Waals surface area contributed by atoms with Crippen molar-refractivity contribution in [3.8, 4) is 0 Å². The normalized spacial score (nSPS) is 15.0. The van der Waals surface area contributed by atoms with Crippen molar-refractivity contribution in [2.45, 2.75) is 0 Å². The Balaban J connectivity index is 1.54. The first-order valence-electron chi connectivity index (χ1n) is 9.77. The molecule has 4 rings (SSSR count). The summed E-state index contributed by atoms with van der Waals surface area (Å²) < 4.78 is 5.28. The molecule has 1 aliphatic heterocycles. The Labute approximate surface area is 179 Å². The van der Waals surface area contributed by atoms with E-state index in [0.717, 1.165) is 5.39 Å². The summed E-state index contributed by atoms with van der Waals surface area (Å²) in [5.74, 6) is 5.48. The summed E-state index contributed by atoms with van der Waals surface area (Å²) in [6.07, 6.45) is 1.42. The van der Waals surface area contributed by atoms with Crippen molar-refractivity contribution in [2.24, 2.45) is 15.9 Å². The van der Waals surface area contributed by atoms with Crippen LogP contribution in [0, 0.1) is 0 Å². The zero-order valence-electron chi connectivity index (χ0n) is 16.7. The second kappa shape index (κ2) is 8.97. The fourth-order valence-corrected chi connectivity index (χ4v) is 3.36. The van der Waals surface area contributed by atoms with Crippen LogP contribution in [0.25, 0.3) is 10.9 Å². The first-order valence-corrected chi connectivity index (χ1v) is 9.77. The lowest BCUT2D eigenvalue weighted by molar-refractivity contribution is 0.0303. The highest BCUT2D eigenvalue weighted by molar-refractivity contribution is 6.38. The van der Waals surface area contributed by atoms with E-state index in [1.54, 1.807) is 53.4 Å². The maximum absolute atomic E-state index is 12.5. The molecule has 154 valence electrons. The molecular formula is C22H20BN5O3. The first-order chi connectivity index (χ1) is 15.0. The van der Waals surface area contributed by atoms with Crippen LogP contribution in [0.4, 0.5) is 5.69 Å². The number of benzene rings is 2. The van der Waals surface area contributed by atoms with E-state index in [0.29, 0.717) is 54.1 Å². The van der Waals surface area contributed by atoms with Crippen molar-refractivity contribution in [3.63, 3.8) is 0 Å². The molecule has 2 radical (unpaired) electrons. The molecule has 9 heteroatoms. The summed E-state index contributed by atoms with van der Waals surface area (Å²) in [6.45, 7) is 2.27. The van der Waals surface area contributed by atoms with Crippen LogP contribution >= 0.6 is 0 Å². The molecule has 0 unspecified atom stereocenters. The van der Waals surface area contributed by atoms with Crippen molar-refractivity contribution in [3.05, 3.63) is 70.0 Å². The predicted molar refractivity (Wildman–Crippen MR) is 122 cm³/mol. The molecule has 1 saturated heterocycles. The fraction of sp³-hybridized carbons (Fsp3) is 0.182. The van der Waals surface area contributed by atoms with Crippen LogP contribution in [0.2, 0.25) is 0 Å². The van der Waals surface area contributed by atoms with E-state index in [1.165, 1.54) is 6.21 Å². The highest BCUT2D eigenvalue weighted by Gasteiger charge is 2.18. The van der Waals surface area contributed by atoms with Gasteiger partial charge in [-0.2, -0.15) is 5.10 Å². The molecule has 3 N–H and O–H groups in total. The number of aromatic nitrogens is 1. The van der Waals surface area contributed by atoms with Gasteiger partial charge >= 0.3 is 0 Å². The number of pyridine rings is 1. The lowest BCUT2D eigenvalue weighted by Gasteiger charge is -2.26. The van der Waals surface area contributed by atoms with Crippen LogP contribution in [0.3, 0.4) is 0 Å². The van der Waals surface area contributed by atoms with Gasteiger partial charge in [0.1, 0.15) is 13.6 Å². The van der Waals surface area contributed by atoms with E-state index in [2.05, 4.69) is 15.1 Å². The van der Waals surface area contributed by atoms with Crippen LogP contribution < -0.4 is 16.9 Å². The third-order valence-corrected chi connectivity index (χ3v) is 5.03. The number of nitrogens with two attached hydrogens (primary N) is 1. The number of amides is 1. The van der Waals surface area contributed by atoms with E-state index in [1.807, 2.05) is 0 Å². The van der Waals surface area contributed by atoms with E-state index >= 15 is 0 Å². The van der Waals surface area contributed by atoms with Gasteiger partial charge in [0.05, 0.1) is 30.7 Å². The van der Waals surface area contributed by atoms with Crippen molar-refractivity contribution in [1.29, 1.82) is 0 Å². The minimum absolute atomic E-state index is 0.0358. The average molecular weight is 413 g/mol. The van der Waals surface area contributed by atoms with Crippen molar-refractivity contribution in [2.75, 3.05) is 26.3 Å². The number of carbonyl (C=O) groups is 1. The number of hydrazone groups is 1. The summed E-state index contributed by atoms with van der Waals surface area (Å²) in [6, 6.07) is 13.8. The monoisotopic (exact) mass is 413 g/mol. The Hall–Kier alpha value is -3.72. The zero-order valence-corrected chi connectivity index (χ0v) is 16.7. The Morgan fingerprint density at radius 2 is 1.87 bits per heavy atom. The van der Waals surface area contributed by atoms with Crippen molar-refractivity contribution in [1.82, 2.24) is 9.88 Å². The average Bonchev–Trinajstić information content (AvgIpc) is 2.80. The second-order valence-electron chi connectivity index (χ2n) is 7.08. The van der Waals surface area contributed by atoms with Crippen molar-refractivity contribution < 1.29 is 9.53 Å². The summed E-state index contributed by atoms with van der Waals surface area (Å²) in [7, 11) is 5.77. The number of nitrogens with zero attached hydrogens (tertiary/aromatic N) is 3. The first kappa shape index (κ1) is 20.6. The molecule has 2 heterocycles. The van der Waals surface area contributed by atoms with Crippen LogP contribution in [0.1, 0.15) is 15.9 Å². The third kappa shape index (κ3) is 4.56. The fourth-order valence-electron chi connectivity index (χ4n) is 3.36. The summed E-state index contributed by atoms with van der Waals surface area (Å²) in [4.78, 5) is 33.9. The number of morpholine rings is 1. The quantitative estimate of drug-likeness (QED) is 0.286. The lowest BCUT2D eigenvalue weighted by atomic mass is 9.94. The molecule has 1 aliphatic rings. The smallest absolute Gasteiger partial charge is 0.258 e. The molecule has 0 spiro atoms. The number of hydrogen-bond acceptors (Lipinski definition) is 6. The maximum atomic E-state index is 12.5. The number of aliphatic imine (C=N–C) groups is 1. The predicted octanol–water partition coefficient (Wildman–Crippen LogP) is 0.860. The summed E-state index contributed by atoms with van der Waals surface area (Å²) in [5, 5.41) is 4.51. The van der Waals surface area contributed by atoms with Gasteiger partial charge in [-0.1, -0.05) is 17.6 Å². The van der Waals surface area contributed by atoms with Crippen molar-refractivity contribution >= 4 is 47.7 Å². The van der Waals surface area contributed by atoms with E-state index in [9.17, 15) is 9.59 Å². The molecule has 31 heavy (non-hydrogen) atoms. The maximum Gasteiger partial charge on any atom is 0.258 e. The molecular weight excluding hydrogens is 393 g/mol. The number of aromatic amines is 1. The molecule has 1 aromatic heterocycles. The molecule has 3 aromatic rings. The standard InChI is InChI=1S/C22H20BN5O3/c23-16-4-1-15-11-18(21(29)26-19(15)12-16)20(27-24)13-25-17-5-2-14(3-6-17)22(30)28-7-9-31-10-8-28/h1-6,11-13H,7-10,24H2,(H,26,29). The topological polar surface area (TPSA) is 113 Å². The van der Waals surface area contributed by atoms with Gasteiger partial charge in [-0.15, -0.1) is 0 Å². The highest BCUT2D eigenvalue weighted by atomic mass is 16.5. The van der Waals surface area contributed by atoms with Crippen LogP contribution in [-0.4, -0.2) is 61.9 Å². The molecule has 1 amide bonds. The summed E-state index contributed by atoms with van der Waals surface area (Å²) >= 11 is 0. The molecule has 0 bridgehead atoms. The molecule has 2 aromatic carbocycles. The van der Waals surface area contributed by atoms with E-state index < -0.39 is 0 Å². The number of nitrogens with one attached hydrogen (secondary N) is 1. The Morgan fingerprint density at radius 1 is 1.13 bits per heavy atom. The van der Waals surface area contributed by atoms with Gasteiger partial charge in [0, 0.05) is 24.2 Å². The van der Waals surface area contributed by atoms with Gasteiger partial charge in [0.15, 0.2) is 0 Å². The molecule has 0 atom stereocenters. The van der Waals surface area contributed by atoms with Crippen LogP contribution in [0.5, 0.6) is 0 Å². The third-order valence-electron chi connectivity index (χ3n) is 5.03. The molecule has 8 nitrogen and oxygen atoms in total. The minimum atomic E-state index is -0.347. The molecule has 0 saturated carbocycles. The number of ether oxygens (including phenoxy) is 1. The Bertz CT molecular complexity index is 1230. The van der Waals surface area contributed by atoms with E-state index in [-0.39, 0.29) is 17.2 Å². The zero-order chi connectivity index (χ0) is 21.8. The number of hydrogen-bond donors (Lipinski definition) is 2. The van der Waals surface area contributed by atoms with E-state index in [4.69, 9.17) is 18.4 Å². The largest absolute Gasteiger partial charge is 0.378 e. The molecule has 1 fully saturated rings. The van der Waals surface area contributed by atoms with Crippen LogP contribution in [0.15, 0.2) is 63.4 Å². The number of fused-ring (bicyclic) bond motifs is 1. The Kier molecular flexibility index (Phi) is 5.95. The van der Waals surface area contributed by atoms with Gasteiger partial charge in [0.25, 0.3) is 11.5 Å². The number of carbonyl (C=O) groups excluding carboxylic acids is 1. The SMILES string of the molecule is [B]c1ccc2cc(C(C=Nc3ccc(C(=O)N4CCOCC4)cc3)=NN)c(=O)[nH]c2c1. The van der Waals surface area contributed by atoms with Gasteiger partial charge in [-0.05, 0) is 41.8 Å². The van der Waals surface area contributed by atoms with Gasteiger partial charge < -0.3 is 20.5 Å². The van der Waals surface area contributed by atoms with Gasteiger partial charge in [-0.25, -0.2) is 0 Å². The van der Waals surface area contributed by atoms with Gasteiger partial charge in [0.2, 0.25) is 0 Å². The minimum Gasteiger partial charge on any atom is -0.378 e. The number of rotatable bonds is 4. The summed E-state index contributed by atoms with van der Waals surface area (Å²) in [5.41, 5.74) is 2.54. The second-order valence-corrected chi connectivity index (χ2v) is 7.08. The Morgan fingerprint density at radius 3 is 2.58 bits per heavy atom.